The van der Waals surface area contributed by atoms with Crippen LogP contribution in [0, 0.1) is 0 Å². The Morgan fingerprint density at radius 1 is 1.21 bits per heavy atom. The highest BCUT2D eigenvalue weighted by molar-refractivity contribution is 5.62. The number of nitrogens with one attached hydrogen (secondary N) is 1. The first-order valence-corrected chi connectivity index (χ1v) is 6.82. The molecule has 2 aromatic rings. The van der Waals surface area contributed by atoms with Crippen LogP contribution in [-0.2, 0) is 0 Å². The smallest absolute Gasteiger partial charge is 0.145 e. The SMILES string of the molecule is CN1CCC(c2ccc(-c3cc(N)n[nH]3)cc2)CC1. The molecule has 0 atom stereocenters. The van der Waals surface area contributed by atoms with Gasteiger partial charge in [-0.15, -0.1) is 0 Å². The zero-order valence-corrected chi connectivity index (χ0v) is 11.3. The quantitative estimate of drug-likeness (QED) is 0.867. The van der Waals surface area contributed by atoms with Gasteiger partial charge >= 0.3 is 0 Å². The summed E-state index contributed by atoms with van der Waals surface area (Å²) >= 11 is 0. The van der Waals surface area contributed by atoms with E-state index in [1.165, 1.54) is 31.5 Å². The molecule has 4 heteroatoms. The molecule has 100 valence electrons. The molecule has 0 unspecified atom stereocenters. The van der Waals surface area contributed by atoms with Gasteiger partial charge in [-0.1, -0.05) is 24.3 Å². The molecule has 1 aliphatic heterocycles. The van der Waals surface area contributed by atoms with Crippen LogP contribution in [0.25, 0.3) is 11.3 Å². The minimum absolute atomic E-state index is 0.536. The summed E-state index contributed by atoms with van der Waals surface area (Å²) in [5.41, 5.74) is 9.20. The van der Waals surface area contributed by atoms with Crippen molar-refractivity contribution < 1.29 is 0 Å². The minimum atomic E-state index is 0.536. The van der Waals surface area contributed by atoms with E-state index in [0.717, 1.165) is 11.3 Å². The fraction of sp³-hybridized carbons (Fsp3) is 0.400. The Balaban J connectivity index is 1.75. The number of nitrogen functional groups attached to an aromatic ring is 1. The average Bonchev–Trinajstić information content (AvgIpc) is 2.87. The van der Waals surface area contributed by atoms with E-state index in [1.807, 2.05) is 6.07 Å². The van der Waals surface area contributed by atoms with E-state index in [1.54, 1.807) is 0 Å². The zero-order chi connectivity index (χ0) is 13.2. The molecule has 4 nitrogen and oxygen atoms in total. The number of likely N-dealkylation sites (tertiary alicyclic amines) is 1. The van der Waals surface area contributed by atoms with Crippen LogP contribution in [0.4, 0.5) is 5.82 Å². The molecule has 3 rings (SSSR count). The van der Waals surface area contributed by atoms with Crippen molar-refractivity contribution in [2.45, 2.75) is 18.8 Å². The van der Waals surface area contributed by atoms with Gasteiger partial charge in [0, 0.05) is 6.07 Å². The molecule has 1 fully saturated rings. The number of hydrogen-bond donors (Lipinski definition) is 2. The van der Waals surface area contributed by atoms with E-state index in [0.29, 0.717) is 11.7 Å². The van der Waals surface area contributed by atoms with Gasteiger partial charge in [0.2, 0.25) is 0 Å². The van der Waals surface area contributed by atoms with Crippen LogP contribution in [0.5, 0.6) is 0 Å². The highest BCUT2D eigenvalue weighted by Crippen LogP contribution is 2.29. The monoisotopic (exact) mass is 256 g/mol. The Hall–Kier alpha value is -1.81. The molecule has 2 heterocycles. The van der Waals surface area contributed by atoms with Gasteiger partial charge < -0.3 is 10.6 Å². The molecule has 0 bridgehead atoms. The van der Waals surface area contributed by atoms with E-state index in [-0.39, 0.29) is 0 Å². The van der Waals surface area contributed by atoms with Gasteiger partial charge in [-0.25, -0.2) is 0 Å². The standard InChI is InChI=1S/C15H20N4/c1-19-8-6-12(7-9-19)11-2-4-13(5-3-11)14-10-15(16)18-17-14/h2-5,10,12H,6-9H2,1H3,(H3,16,17,18). The van der Waals surface area contributed by atoms with Crippen molar-refractivity contribution in [2.75, 3.05) is 25.9 Å². The summed E-state index contributed by atoms with van der Waals surface area (Å²) in [5, 5.41) is 6.91. The Kier molecular flexibility index (Phi) is 3.25. The first-order valence-electron chi connectivity index (χ1n) is 6.82. The summed E-state index contributed by atoms with van der Waals surface area (Å²) < 4.78 is 0. The lowest BCUT2D eigenvalue weighted by molar-refractivity contribution is 0.255. The average molecular weight is 256 g/mol. The molecule has 1 aromatic carbocycles. The summed E-state index contributed by atoms with van der Waals surface area (Å²) in [5.74, 6) is 1.24. The number of hydrogen-bond acceptors (Lipinski definition) is 3. The molecule has 0 spiro atoms. The second-order valence-electron chi connectivity index (χ2n) is 5.41. The van der Waals surface area contributed by atoms with Crippen LogP contribution in [0.3, 0.4) is 0 Å². The van der Waals surface area contributed by atoms with E-state index in [2.05, 4.69) is 46.4 Å². The number of nitrogens with zero attached hydrogens (tertiary/aromatic N) is 2. The maximum absolute atomic E-state index is 5.63. The molecule has 1 aromatic heterocycles. The third-order valence-corrected chi connectivity index (χ3v) is 4.01. The lowest BCUT2D eigenvalue weighted by Gasteiger charge is -2.29. The van der Waals surface area contributed by atoms with E-state index in [9.17, 15) is 0 Å². The van der Waals surface area contributed by atoms with Crippen LogP contribution in [0.1, 0.15) is 24.3 Å². The zero-order valence-electron chi connectivity index (χ0n) is 11.3. The maximum Gasteiger partial charge on any atom is 0.145 e. The third kappa shape index (κ3) is 2.63. The predicted molar refractivity (Wildman–Crippen MR) is 77.9 cm³/mol. The van der Waals surface area contributed by atoms with Gasteiger partial charge in [0.15, 0.2) is 0 Å². The third-order valence-electron chi connectivity index (χ3n) is 4.01. The number of benzene rings is 1. The van der Waals surface area contributed by atoms with Crippen molar-refractivity contribution in [1.29, 1.82) is 0 Å². The number of anilines is 1. The lowest BCUT2D eigenvalue weighted by Crippen LogP contribution is -2.29. The van der Waals surface area contributed by atoms with Crippen molar-refractivity contribution in [3.63, 3.8) is 0 Å². The molecule has 0 radical (unpaired) electrons. The fourth-order valence-corrected chi connectivity index (χ4v) is 2.76. The van der Waals surface area contributed by atoms with Crippen molar-refractivity contribution in [1.82, 2.24) is 15.1 Å². The second kappa shape index (κ2) is 5.05. The van der Waals surface area contributed by atoms with Crippen LogP contribution in [0.15, 0.2) is 30.3 Å². The van der Waals surface area contributed by atoms with Gasteiger partial charge in [-0.05, 0) is 50.0 Å². The fourth-order valence-electron chi connectivity index (χ4n) is 2.76. The molecular formula is C15H20N4. The minimum Gasteiger partial charge on any atom is -0.382 e. The Bertz CT molecular complexity index is 536. The largest absolute Gasteiger partial charge is 0.382 e. The lowest BCUT2D eigenvalue weighted by atomic mass is 9.89. The highest BCUT2D eigenvalue weighted by Gasteiger charge is 2.18. The summed E-state index contributed by atoms with van der Waals surface area (Å²) in [6.45, 7) is 2.40. The van der Waals surface area contributed by atoms with Crippen molar-refractivity contribution in [2.24, 2.45) is 0 Å². The van der Waals surface area contributed by atoms with Crippen molar-refractivity contribution in [3.8, 4) is 11.3 Å². The molecule has 1 saturated heterocycles. The highest BCUT2D eigenvalue weighted by atomic mass is 15.2. The Morgan fingerprint density at radius 3 is 2.47 bits per heavy atom. The summed E-state index contributed by atoms with van der Waals surface area (Å²) in [6, 6.07) is 10.6. The van der Waals surface area contributed by atoms with Gasteiger partial charge in [0.05, 0.1) is 5.69 Å². The van der Waals surface area contributed by atoms with Crippen molar-refractivity contribution >= 4 is 5.82 Å². The van der Waals surface area contributed by atoms with Crippen LogP contribution in [-0.4, -0.2) is 35.2 Å². The van der Waals surface area contributed by atoms with Crippen LogP contribution < -0.4 is 5.73 Å². The Morgan fingerprint density at radius 2 is 1.89 bits per heavy atom. The van der Waals surface area contributed by atoms with Crippen molar-refractivity contribution in [3.05, 3.63) is 35.9 Å². The van der Waals surface area contributed by atoms with Gasteiger partial charge in [-0.2, -0.15) is 5.10 Å². The number of piperidine rings is 1. The molecule has 1 aliphatic rings. The molecule has 0 saturated carbocycles. The molecule has 0 amide bonds. The molecule has 0 aliphatic carbocycles. The van der Waals surface area contributed by atoms with E-state index >= 15 is 0 Å². The van der Waals surface area contributed by atoms with Gasteiger partial charge in [0.1, 0.15) is 5.82 Å². The number of H-pyrrole nitrogens is 1. The number of rotatable bonds is 2. The van der Waals surface area contributed by atoms with Gasteiger partial charge in [0.25, 0.3) is 0 Å². The van der Waals surface area contributed by atoms with Crippen LogP contribution in [0.2, 0.25) is 0 Å². The maximum atomic E-state index is 5.63. The van der Waals surface area contributed by atoms with E-state index < -0.39 is 0 Å². The predicted octanol–water partition coefficient (Wildman–Crippen LogP) is 2.47. The molecule has 3 N–H and O–H groups in total. The summed E-state index contributed by atoms with van der Waals surface area (Å²) in [4.78, 5) is 2.40. The normalized spacial score (nSPS) is 17.7. The number of nitrogens with two attached hydrogens (primary N) is 1. The summed E-state index contributed by atoms with van der Waals surface area (Å²) in [7, 11) is 2.20. The Labute approximate surface area is 113 Å². The first kappa shape index (κ1) is 12.2. The second-order valence-corrected chi connectivity index (χ2v) is 5.41. The van der Waals surface area contributed by atoms with Crippen LogP contribution >= 0.6 is 0 Å². The molecular weight excluding hydrogens is 236 g/mol. The number of aromatic nitrogens is 2. The number of aromatic amines is 1. The topological polar surface area (TPSA) is 57.9 Å². The first-order chi connectivity index (χ1) is 9.22. The molecule has 19 heavy (non-hydrogen) atoms. The van der Waals surface area contributed by atoms with E-state index in [4.69, 9.17) is 5.73 Å². The van der Waals surface area contributed by atoms with Gasteiger partial charge in [-0.3, -0.25) is 5.10 Å². The summed E-state index contributed by atoms with van der Waals surface area (Å²) in [6.07, 6.45) is 2.51.